The van der Waals surface area contributed by atoms with Crippen LogP contribution in [0.25, 0.3) is 0 Å². The van der Waals surface area contributed by atoms with Gasteiger partial charge in [-0.2, -0.15) is 0 Å². The number of hydrogen-bond acceptors (Lipinski definition) is 6. The van der Waals surface area contributed by atoms with Gasteiger partial charge in [0.25, 0.3) is 5.91 Å². The Labute approximate surface area is 117 Å². The summed E-state index contributed by atoms with van der Waals surface area (Å²) in [6.07, 6.45) is 0.507. The van der Waals surface area contributed by atoms with E-state index in [2.05, 4.69) is 15.6 Å². The molecule has 0 bridgehead atoms. The Morgan fingerprint density at radius 2 is 2.16 bits per heavy atom. The van der Waals surface area contributed by atoms with Crippen LogP contribution in [0, 0.1) is 5.41 Å². The Balaban J connectivity index is 2.84. The van der Waals surface area contributed by atoms with Crippen molar-refractivity contribution in [2.24, 2.45) is 5.41 Å². The van der Waals surface area contributed by atoms with Gasteiger partial charge in [0.05, 0.1) is 0 Å². The van der Waals surface area contributed by atoms with E-state index in [1.807, 2.05) is 20.8 Å². The zero-order valence-electron chi connectivity index (χ0n) is 11.8. The molecule has 0 aromatic carbocycles. The standard InChI is InChI=1S/C12H22N4O2S/c1-12(2,3)7(5-6-17)15-10(18)8-9(13)16-11(14-4)19-8/h7,17H,5-6,13H2,1-4H3,(H,14,16)(H,15,18). The van der Waals surface area contributed by atoms with Gasteiger partial charge in [-0.05, 0) is 11.8 Å². The average molecular weight is 286 g/mol. The van der Waals surface area contributed by atoms with Gasteiger partial charge in [-0.1, -0.05) is 32.1 Å². The summed E-state index contributed by atoms with van der Waals surface area (Å²) in [7, 11) is 1.73. The quantitative estimate of drug-likeness (QED) is 0.653. The molecule has 7 heteroatoms. The van der Waals surface area contributed by atoms with Crippen LogP contribution in [-0.4, -0.2) is 35.7 Å². The number of nitrogens with two attached hydrogens (primary N) is 1. The van der Waals surface area contributed by atoms with Gasteiger partial charge in [-0.25, -0.2) is 4.98 Å². The predicted octanol–water partition coefficient (Wildman–Crippen LogP) is 1.29. The molecule has 0 fully saturated rings. The Hall–Kier alpha value is -1.34. The number of carbonyl (C=O) groups is 1. The summed E-state index contributed by atoms with van der Waals surface area (Å²) in [5, 5.41) is 15.5. The minimum atomic E-state index is -0.245. The van der Waals surface area contributed by atoms with Crippen molar-refractivity contribution >= 4 is 28.2 Å². The molecule has 0 aliphatic heterocycles. The van der Waals surface area contributed by atoms with Crippen molar-refractivity contribution in [2.45, 2.75) is 33.2 Å². The van der Waals surface area contributed by atoms with E-state index in [9.17, 15) is 4.79 Å². The number of nitrogens with zero attached hydrogens (tertiary/aromatic N) is 1. The predicted molar refractivity (Wildman–Crippen MR) is 78.5 cm³/mol. The highest BCUT2D eigenvalue weighted by molar-refractivity contribution is 7.18. The average Bonchev–Trinajstić information content (AvgIpc) is 2.68. The van der Waals surface area contributed by atoms with Crippen molar-refractivity contribution in [3.63, 3.8) is 0 Å². The molecule has 1 rings (SSSR count). The lowest BCUT2D eigenvalue weighted by Crippen LogP contribution is -2.44. The smallest absolute Gasteiger partial charge is 0.265 e. The lowest BCUT2D eigenvalue weighted by atomic mass is 9.85. The maximum Gasteiger partial charge on any atom is 0.265 e. The molecule has 0 aliphatic carbocycles. The van der Waals surface area contributed by atoms with Crippen molar-refractivity contribution in [3.05, 3.63) is 4.88 Å². The third-order valence-corrected chi connectivity index (χ3v) is 3.93. The number of rotatable bonds is 5. The molecule has 0 spiro atoms. The number of hydrogen-bond donors (Lipinski definition) is 4. The number of carbonyl (C=O) groups excluding carboxylic acids is 1. The third kappa shape index (κ3) is 4.07. The first-order valence-corrected chi connectivity index (χ1v) is 6.97. The maximum absolute atomic E-state index is 12.2. The van der Waals surface area contributed by atoms with E-state index in [0.717, 1.165) is 0 Å². The number of amides is 1. The number of thiazole rings is 1. The number of aliphatic hydroxyl groups is 1. The molecule has 5 N–H and O–H groups in total. The van der Waals surface area contributed by atoms with Crippen LogP contribution in [0.4, 0.5) is 10.9 Å². The van der Waals surface area contributed by atoms with Gasteiger partial charge in [0.2, 0.25) is 0 Å². The molecule has 1 unspecified atom stereocenters. The van der Waals surface area contributed by atoms with Crippen molar-refractivity contribution < 1.29 is 9.90 Å². The minimum absolute atomic E-state index is 0.0299. The lowest BCUT2D eigenvalue weighted by Gasteiger charge is -2.30. The van der Waals surface area contributed by atoms with Crippen LogP contribution in [0.5, 0.6) is 0 Å². The van der Waals surface area contributed by atoms with Crippen molar-refractivity contribution in [3.8, 4) is 0 Å². The lowest BCUT2D eigenvalue weighted by molar-refractivity contribution is 0.0890. The van der Waals surface area contributed by atoms with Crippen LogP contribution in [0.2, 0.25) is 0 Å². The van der Waals surface area contributed by atoms with Gasteiger partial charge in [0.15, 0.2) is 5.13 Å². The van der Waals surface area contributed by atoms with Crippen LogP contribution in [0.1, 0.15) is 36.9 Å². The highest BCUT2D eigenvalue weighted by Crippen LogP contribution is 2.26. The number of nitrogens with one attached hydrogen (secondary N) is 2. The Kier molecular flexibility index (Phi) is 5.13. The molecule has 0 saturated heterocycles. The summed E-state index contributed by atoms with van der Waals surface area (Å²) in [5.41, 5.74) is 5.59. The number of nitrogen functional groups attached to an aromatic ring is 1. The minimum Gasteiger partial charge on any atom is -0.396 e. The largest absolute Gasteiger partial charge is 0.396 e. The van der Waals surface area contributed by atoms with Crippen molar-refractivity contribution in [2.75, 3.05) is 24.7 Å². The highest BCUT2D eigenvalue weighted by Gasteiger charge is 2.27. The van der Waals surface area contributed by atoms with Crippen molar-refractivity contribution in [1.29, 1.82) is 0 Å². The second-order valence-corrected chi connectivity index (χ2v) is 6.39. The summed E-state index contributed by atoms with van der Waals surface area (Å²) >= 11 is 1.22. The second kappa shape index (κ2) is 6.21. The van der Waals surface area contributed by atoms with E-state index < -0.39 is 0 Å². The zero-order valence-corrected chi connectivity index (χ0v) is 12.6. The molecule has 1 aromatic rings. The summed E-state index contributed by atoms with van der Waals surface area (Å²) < 4.78 is 0. The van der Waals surface area contributed by atoms with Gasteiger partial charge >= 0.3 is 0 Å². The summed E-state index contributed by atoms with van der Waals surface area (Å²) in [6, 6.07) is -0.121. The van der Waals surface area contributed by atoms with E-state index in [1.54, 1.807) is 7.05 Å². The van der Waals surface area contributed by atoms with Crippen LogP contribution < -0.4 is 16.4 Å². The Morgan fingerprint density at radius 1 is 1.53 bits per heavy atom. The molecular weight excluding hydrogens is 264 g/mol. The van der Waals surface area contributed by atoms with Crippen molar-refractivity contribution in [1.82, 2.24) is 10.3 Å². The first-order chi connectivity index (χ1) is 8.79. The van der Waals surface area contributed by atoms with Crippen LogP contribution >= 0.6 is 11.3 Å². The Bertz CT molecular complexity index is 439. The molecular formula is C12H22N4O2S. The number of aromatic nitrogens is 1. The molecule has 1 amide bonds. The summed E-state index contributed by atoms with van der Waals surface area (Å²) in [5.74, 6) is -0.0200. The molecule has 19 heavy (non-hydrogen) atoms. The molecule has 108 valence electrons. The molecule has 6 nitrogen and oxygen atoms in total. The molecule has 0 radical (unpaired) electrons. The Morgan fingerprint density at radius 3 is 2.58 bits per heavy atom. The van der Waals surface area contributed by atoms with E-state index in [1.165, 1.54) is 11.3 Å². The van der Waals surface area contributed by atoms with E-state index in [4.69, 9.17) is 10.8 Å². The van der Waals surface area contributed by atoms with Gasteiger partial charge in [0.1, 0.15) is 10.7 Å². The molecule has 0 aliphatic rings. The van der Waals surface area contributed by atoms with E-state index in [-0.39, 0.29) is 29.8 Å². The van der Waals surface area contributed by atoms with Crippen LogP contribution in [0.3, 0.4) is 0 Å². The summed E-state index contributed by atoms with van der Waals surface area (Å²) in [6.45, 7) is 6.08. The van der Waals surface area contributed by atoms with Gasteiger partial charge < -0.3 is 21.5 Å². The monoisotopic (exact) mass is 286 g/mol. The SMILES string of the molecule is CNc1nc(N)c(C(=O)NC(CCO)C(C)(C)C)s1. The molecule has 1 heterocycles. The zero-order chi connectivity index (χ0) is 14.6. The maximum atomic E-state index is 12.2. The molecule has 1 atom stereocenters. The summed E-state index contributed by atoms with van der Waals surface area (Å²) in [4.78, 5) is 16.6. The fraction of sp³-hybridized carbons (Fsp3) is 0.667. The fourth-order valence-electron chi connectivity index (χ4n) is 1.68. The van der Waals surface area contributed by atoms with E-state index >= 15 is 0 Å². The topological polar surface area (TPSA) is 100 Å². The van der Waals surface area contributed by atoms with Gasteiger partial charge in [-0.15, -0.1) is 0 Å². The first-order valence-electron chi connectivity index (χ1n) is 6.15. The third-order valence-electron chi connectivity index (χ3n) is 2.84. The second-order valence-electron chi connectivity index (χ2n) is 5.39. The first kappa shape index (κ1) is 15.7. The fourth-order valence-corrected chi connectivity index (χ4v) is 2.42. The number of anilines is 2. The number of aliphatic hydroxyl groups excluding tert-OH is 1. The van der Waals surface area contributed by atoms with Gasteiger partial charge in [0, 0.05) is 19.7 Å². The van der Waals surface area contributed by atoms with E-state index in [0.29, 0.717) is 16.4 Å². The normalized spacial score (nSPS) is 13.1. The highest BCUT2D eigenvalue weighted by atomic mass is 32.1. The molecule has 1 aromatic heterocycles. The molecule has 0 saturated carbocycles. The van der Waals surface area contributed by atoms with Gasteiger partial charge in [-0.3, -0.25) is 4.79 Å². The van der Waals surface area contributed by atoms with Crippen LogP contribution in [0.15, 0.2) is 0 Å². The van der Waals surface area contributed by atoms with Crippen LogP contribution in [-0.2, 0) is 0 Å².